The van der Waals surface area contributed by atoms with E-state index in [1.165, 1.54) is 20.4 Å². The third-order valence-corrected chi connectivity index (χ3v) is 4.65. The Morgan fingerprint density at radius 3 is 2.34 bits per heavy atom. The molecule has 0 aliphatic heterocycles. The number of hydrogen-bond donors (Lipinski definition) is 1. The lowest BCUT2D eigenvalue weighted by Crippen LogP contribution is -2.41. The molecule has 2 rings (SSSR count). The fourth-order valence-corrected chi connectivity index (χ4v) is 3.10. The molecule has 7 nitrogen and oxygen atoms in total. The summed E-state index contributed by atoms with van der Waals surface area (Å²) in [5.74, 6) is -1.05. The number of aromatic amines is 1. The summed E-state index contributed by atoms with van der Waals surface area (Å²) in [4.78, 5) is 39.4. The molecule has 2 aromatic rings. The van der Waals surface area contributed by atoms with Crippen LogP contribution in [0.25, 0.3) is 0 Å². The number of pyridine rings is 1. The molecule has 0 radical (unpaired) electrons. The first-order valence-electron chi connectivity index (χ1n) is 9.02. The summed E-state index contributed by atoms with van der Waals surface area (Å²) in [7, 11) is 2.56. The smallest absolute Gasteiger partial charge is 0.342 e. The van der Waals surface area contributed by atoms with E-state index in [-0.39, 0.29) is 43.8 Å². The van der Waals surface area contributed by atoms with Crippen LogP contribution in [-0.4, -0.2) is 31.1 Å². The van der Waals surface area contributed by atoms with Crippen molar-refractivity contribution in [2.45, 2.75) is 38.4 Å². The molecule has 29 heavy (non-hydrogen) atoms. The molecule has 0 amide bonds. The molecule has 0 saturated heterocycles. The van der Waals surface area contributed by atoms with Gasteiger partial charge in [0.25, 0.3) is 5.56 Å². The molecular formula is C21H26ClNO6. The molecule has 1 aromatic heterocycles. The van der Waals surface area contributed by atoms with Gasteiger partial charge in [0.1, 0.15) is 0 Å². The van der Waals surface area contributed by atoms with E-state index in [4.69, 9.17) is 9.47 Å². The maximum atomic E-state index is 12.8. The molecule has 0 aliphatic rings. The number of halogens is 1. The number of hydrogen-bond acceptors (Lipinski definition) is 6. The van der Waals surface area contributed by atoms with Gasteiger partial charge in [0.15, 0.2) is 5.60 Å². The zero-order valence-electron chi connectivity index (χ0n) is 16.7. The van der Waals surface area contributed by atoms with Crippen molar-refractivity contribution in [1.29, 1.82) is 0 Å². The van der Waals surface area contributed by atoms with Gasteiger partial charge < -0.3 is 19.2 Å². The minimum Gasteiger partial charge on any atom is -0.469 e. The molecule has 1 unspecified atom stereocenters. The Labute approximate surface area is 175 Å². The molecule has 1 atom stereocenters. The molecular weight excluding hydrogens is 398 g/mol. The van der Waals surface area contributed by atoms with Crippen LogP contribution in [0.15, 0.2) is 47.4 Å². The summed E-state index contributed by atoms with van der Waals surface area (Å²) in [6.07, 6.45) is 1.83. The van der Waals surface area contributed by atoms with Crippen LogP contribution in [0.2, 0.25) is 0 Å². The molecule has 0 saturated carbocycles. The van der Waals surface area contributed by atoms with Crippen LogP contribution in [0.1, 0.15) is 36.5 Å². The van der Waals surface area contributed by atoms with Gasteiger partial charge in [-0.05, 0) is 24.5 Å². The van der Waals surface area contributed by atoms with Crippen LogP contribution in [0.4, 0.5) is 0 Å². The molecule has 1 N–H and O–H groups in total. The Kier molecular flexibility index (Phi) is 9.58. The maximum absolute atomic E-state index is 12.8. The Bertz CT molecular complexity index is 867. The van der Waals surface area contributed by atoms with Crippen molar-refractivity contribution in [1.82, 2.24) is 4.98 Å². The van der Waals surface area contributed by atoms with Crippen LogP contribution in [0.3, 0.4) is 0 Å². The number of aromatic nitrogens is 1. The van der Waals surface area contributed by atoms with Crippen molar-refractivity contribution in [2.24, 2.45) is 0 Å². The van der Waals surface area contributed by atoms with Crippen LogP contribution in [0.5, 0.6) is 0 Å². The summed E-state index contributed by atoms with van der Waals surface area (Å²) in [5, 5.41) is 0. The minimum atomic E-state index is -1.47. The third-order valence-electron chi connectivity index (χ3n) is 4.65. The molecule has 0 aliphatic carbocycles. The minimum absolute atomic E-state index is 0. The normalized spacial score (nSPS) is 12.4. The van der Waals surface area contributed by atoms with Crippen LogP contribution in [0, 0.1) is 0 Å². The van der Waals surface area contributed by atoms with Crippen molar-refractivity contribution >= 4 is 24.3 Å². The highest BCUT2D eigenvalue weighted by atomic mass is 35.5. The molecule has 0 fully saturated rings. The van der Waals surface area contributed by atoms with E-state index in [1.54, 1.807) is 13.0 Å². The van der Waals surface area contributed by atoms with Gasteiger partial charge in [-0.15, -0.1) is 12.4 Å². The van der Waals surface area contributed by atoms with Gasteiger partial charge in [-0.3, -0.25) is 9.59 Å². The van der Waals surface area contributed by atoms with Gasteiger partial charge in [0, 0.05) is 23.7 Å². The van der Waals surface area contributed by atoms with E-state index >= 15 is 0 Å². The van der Waals surface area contributed by atoms with E-state index in [0.717, 1.165) is 5.56 Å². The summed E-state index contributed by atoms with van der Waals surface area (Å²) >= 11 is 0. The van der Waals surface area contributed by atoms with Crippen LogP contribution in [-0.2, 0) is 42.4 Å². The number of methoxy groups -OCH3 is 2. The first-order chi connectivity index (χ1) is 13.5. The second kappa shape index (κ2) is 11.4. The van der Waals surface area contributed by atoms with Gasteiger partial charge in [-0.1, -0.05) is 37.3 Å². The lowest BCUT2D eigenvalue weighted by Gasteiger charge is -2.32. The summed E-state index contributed by atoms with van der Waals surface area (Å²) < 4.78 is 15.8. The van der Waals surface area contributed by atoms with Crippen molar-refractivity contribution in [3.63, 3.8) is 0 Å². The van der Waals surface area contributed by atoms with E-state index in [0.29, 0.717) is 11.1 Å². The maximum Gasteiger partial charge on any atom is 0.342 e. The Morgan fingerprint density at radius 1 is 1.07 bits per heavy atom. The van der Waals surface area contributed by atoms with E-state index in [1.807, 2.05) is 30.3 Å². The number of H-pyrrole nitrogens is 1. The molecule has 0 bridgehead atoms. The Morgan fingerprint density at radius 2 is 1.76 bits per heavy atom. The third kappa shape index (κ3) is 5.68. The molecule has 158 valence electrons. The molecule has 8 heteroatoms. The SMILES string of the molecule is CCC(OCc1ccccc1)(C(=O)OC)c1cc[nH]c(=O)c1CCC(=O)OC.Cl. The number of carbonyl (C=O) groups is 2. The first-order valence-corrected chi connectivity index (χ1v) is 9.02. The number of rotatable bonds is 9. The highest BCUT2D eigenvalue weighted by molar-refractivity contribution is 5.85. The number of ether oxygens (including phenoxy) is 3. The fourth-order valence-electron chi connectivity index (χ4n) is 3.10. The summed E-state index contributed by atoms with van der Waals surface area (Å²) in [5.41, 5.74) is -0.278. The molecule has 1 aromatic carbocycles. The fraction of sp³-hybridized carbons (Fsp3) is 0.381. The number of esters is 2. The van der Waals surface area contributed by atoms with E-state index in [2.05, 4.69) is 9.72 Å². The van der Waals surface area contributed by atoms with Crippen molar-refractivity contribution in [3.8, 4) is 0 Å². The quantitative estimate of drug-likeness (QED) is 0.623. The largest absolute Gasteiger partial charge is 0.469 e. The predicted molar refractivity (Wildman–Crippen MR) is 110 cm³/mol. The summed E-state index contributed by atoms with van der Waals surface area (Å²) in [6.45, 7) is 1.94. The standard InChI is InChI=1S/C21H25NO6.ClH/c1-4-21(20(25)27-3,28-14-15-8-6-5-7-9-15)17-12-13-22-19(24)16(17)10-11-18(23)26-2;/h5-9,12-13H,4,10-11,14H2,1-3H3,(H,22,24);1H. The molecule has 0 spiro atoms. The Hall–Kier alpha value is -2.64. The van der Waals surface area contributed by atoms with E-state index < -0.39 is 17.5 Å². The number of benzene rings is 1. The molecule has 1 heterocycles. The second-order valence-corrected chi connectivity index (χ2v) is 6.22. The zero-order chi connectivity index (χ0) is 20.6. The highest BCUT2D eigenvalue weighted by Crippen LogP contribution is 2.34. The number of nitrogens with one attached hydrogen (secondary N) is 1. The van der Waals surface area contributed by atoms with Gasteiger partial charge in [-0.25, -0.2) is 4.79 Å². The first kappa shape index (κ1) is 24.4. The lowest BCUT2D eigenvalue weighted by atomic mass is 9.86. The van der Waals surface area contributed by atoms with E-state index in [9.17, 15) is 14.4 Å². The highest BCUT2D eigenvalue weighted by Gasteiger charge is 2.43. The van der Waals surface area contributed by atoms with Crippen molar-refractivity contribution in [3.05, 3.63) is 69.6 Å². The summed E-state index contributed by atoms with van der Waals surface area (Å²) in [6, 6.07) is 11.0. The van der Waals surface area contributed by atoms with Gasteiger partial charge >= 0.3 is 11.9 Å². The Balaban J connectivity index is 0.00000420. The van der Waals surface area contributed by atoms with Gasteiger partial charge in [0.05, 0.1) is 20.8 Å². The monoisotopic (exact) mass is 423 g/mol. The average molecular weight is 424 g/mol. The predicted octanol–water partition coefficient (Wildman–Crippen LogP) is 2.90. The van der Waals surface area contributed by atoms with Gasteiger partial charge in [-0.2, -0.15) is 0 Å². The van der Waals surface area contributed by atoms with Gasteiger partial charge in [0.2, 0.25) is 0 Å². The lowest BCUT2D eigenvalue weighted by molar-refractivity contribution is -0.174. The average Bonchev–Trinajstić information content (AvgIpc) is 2.74. The van der Waals surface area contributed by atoms with Crippen molar-refractivity contribution in [2.75, 3.05) is 14.2 Å². The topological polar surface area (TPSA) is 94.7 Å². The van der Waals surface area contributed by atoms with Crippen LogP contribution >= 0.6 is 12.4 Å². The zero-order valence-corrected chi connectivity index (χ0v) is 17.5. The van der Waals surface area contributed by atoms with Crippen LogP contribution < -0.4 is 5.56 Å². The van der Waals surface area contributed by atoms with Crippen molar-refractivity contribution < 1.29 is 23.8 Å². The second-order valence-electron chi connectivity index (χ2n) is 6.22. The number of carbonyl (C=O) groups excluding carboxylic acids is 2.